The van der Waals surface area contributed by atoms with E-state index in [1.165, 1.54) is 25.1 Å². The number of aldehydes is 1. The van der Waals surface area contributed by atoms with Crippen LogP contribution in [-0.4, -0.2) is 6.29 Å². The predicted octanol–water partition coefficient (Wildman–Crippen LogP) is 6.75. The van der Waals surface area contributed by atoms with Gasteiger partial charge in [-0.1, -0.05) is 12.1 Å². The van der Waals surface area contributed by atoms with E-state index in [0.29, 0.717) is 0 Å². The second kappa shape index (κ2) is 5.93. The van der Waals surface area contributed by atoms with Gasteiger partial charge in [-0.05, 0) is 41.1 Å². The van der Waals surface area contributed by atoms with Crippen LogP contribution in [0.1, 0.15) is 9.67 Å². The number of carbonyl (C=O) groups excluding carboxylic acids is 1. The summed E-state index contributed by atoms with van der Waals surface area (Å²) in [5, 5.41) is 4.21. The van der Waals surface area contributed by atoms with Gasteiger partial charge in [-0.25, -0.2) is 0 Å². The molecule has 0 aliphatic heterocycles. The minimum atomic E-state index is 0.774. The summed E-state index contributed by atoms with van der Waals surface area (Å²) in [6.45, 7) is 0. The zero-order valence-electron chi connectivity index (χ0n) is 11.3. The van der Waals surface area contributed by atoms with E-state index in [1.807, 2.05) is 23.5 Å². The van der Waals surface area contributed by atoms with E-state index in [9.17, 15) is 4.79 Å². The van der Waals surface area contributed by atoms with Crippen LogP contribution in [0.15, 0.2) is 53.2 Å². The summed E-state index contributed by atoms with van der Waals surface area (Å²) in [5.74, 6) is 0. The molecule has 0 aromatic carbocycles. The van der Waals surface area contributed by atoms with Gasteiger partial charge in [0, 0.05) is 25.1 Å². The lowest BCUT2D eigenvalue weighted by Gasteiger charge is -1.97. The van der Waals surface area contributed by atoms with Crippen molar-refractivity contribution < 1.29 is 4.79 Å². The standard InChI is InChI=1S/C17H10OS4/c18-10-11-5-6-13(21-11)12-9-16(14-3-1-7-19-14)22-17(12)15-4-2-8-20-15/h1-10H. The maximum atomic E-state index is 11.0. The second-order valence-electron chi connectivity index (χ2n) is 4.63. The van der Waals surface area contributed by atoms with Gasteiger partial charge in [0.15, 0.2) is 6.29 Å². The number of hydrogen-bond acceptors (Lipinski definition) is 5. The molecule has 4 aromatic rings. The van der Waals surface area contributed by atoms with E-state index in [1.54, 1.807) is 34.0 Å². The van der Waals surface area contributed by atoms with Crippen molar-refractivity contribution in [2.45, 2.75) is 0 Å². The van der Waals surface area contributed by atoms with E-state index in [4.69, 9.17) is 0 Å². The van der Waals surface area contributed by atoms with Gasteiger partial charge < -0.3 is 0 Å². The Kier molecular flexibility index (Phi) is 3.80. The Balaban J connectivity index is 1.90. The molecule has 4 rings (SSSR count). The fourth-order valence-corrected chi connectivity index (χ4v) is 6.04. The smallest absolute Gasteiger partial charge is 0.160 e. The summed E-state index contributed by atoms with van der Waals surface area (Å²) in [6, 6.07) is 14.7. The molecule has 5 heteroatoms. The Morgan fingerprint density at radius 1 is 0.773 bits per heavy atom. The second-order valence-corrected chi connectivity index (χ2v) is 8.69. The van der Waals surface area contributed by atoms with Crippen LogP contribution in [0.3, 0.4) is 0 Å². The lowest BCUT2D eigenvalue weighted by molar-refractivity contribution is 0.112. The number of carbonyl (C=O) groups is 1. The van der Waals surface area contributed by atoms with Gasteiger partial charge in [-0.3, -0.25) is 4.79 Å². The van der Waals surface area contributed by atoms with Crippen LogP contribution in [0.2, 0.25) is 0 Å². The fourth-order valence-electron chi connectivity index (χ4n) is 2.27. The van der Waals surface area contributed by atoms with Crippen molar-refractivity contribution in [3.8, 4) is 29.9 Å². The van der Waals surface area contributed by atoms with E-state index < -0.39 is 0 Å². The molecule has 0 amide bonds. The first-order valence-corrected chi connectivity index (χ1v) is 10.0. The van der Waals surface area contributed by atoms with Crippen molar-refractivity contribution in [2.24, 2.45) is 0 Å². The van der Waals surface area contributed by atoms with Crippen molar-refractivity contribution in [1.82, 2.24) is 0 Å². The minimum Gasteiger partial charge on any atom is -0.297 e. The lowest BCUT2D eigenvalue weighted by atomic mass is 10.2. The van der Waals surface area contributed by atoms with Crippen LogP contribution in [0.4, 0.5) is 0 Å². The Hall–Kier alpha value is -1.53. The Morgan fingerprint density at radius 3 is 2.18 bits per heavy atom. The van der Waals surface area contributed by atoms with Crippen molar-refractivity contribution in [3.63, 3.8) is 0 Å². The monoisotopic (exact) mass is 358 g/mol. The van der Waals surface area contributed by atoms with Gasteiger partial charge in [-0.2, -0.15) is 0 Å². The van der Waals surface area contributed by atoms with Gasteiger partial charge in [-0.15, -0.1) is 45.3 Å². The number of rotatable bonds is 4. The van der Waals surface area contributed by atoms with Gasteiger partial charge in [0.2, 0.25) is 0 Å². The average molecular weight is 359 g/mol. The van der Waals surface area contributed by atoms with E-state index >= 15 is 0 Å². The van der Waals surface area contributed by atoms with Crippen LogP contribution in [0.5, 0.6) is 0 Å². The number of hydrogen-bond donors (Lipinski definition) is 0. The normalized spacial score (nSPS) is 10.9. The summed E-state index contributed by atoms with van der Waals surface area (Å²) in [7, 11) is 0. The molecule has 0 saturated carbocycles. The predicted molar refractivity (Wildman–Crippen MR) is 99.6 cm³/mol. The molecule has 1 nitrogen and oxygen atoms in total. The van der Waals surface area contributed by atoms with Crippen molar-refractivity contribution in [1.29, 1.82) is 0 Å². The summed E-state index contributed by atoms with van der Waals surface area (Å²) in [6.07, 6.45) is 0.922. The molecule has 0 spiro atoms. The van der Waals surface area contributed by atoms with Gasteiger partial charge in [0.25, 0.3) is 0 Å². The maximum Gasteiger partial charge on any atom is 0.160 e. The summed E-state index contributed by atoms with van der Waals surface area (Å²) >= 11 is 6.90. The summed E-state index contributed by atoms with van der Waals surface area (Å²) < 4.78 is 0. The summed E-state index contributed by atoms with van der Waals surface area (Å²) in [4.78, 5) is 18.1. The molecule has 0 unspecified atom stereocenters. The molecule has 0 atom stereocenters. The topological polar surface area (TPSA) is 17.1 Å². The molecule has 4 heterocycles. The average Bonchev–Trinajstić information content (AvgIpc) is 3.33. The molecule has 0 bridgehead atoms. The maximum absolute atomic E-state index is 11.0. The third-order valence-electron chi connectivity index (χ3n) is 3.25. The SMILES string of the molecule is O=Cc1ccc(-c2cc(-c3cccs3)sc2-c2cccs2)s1. The zero-order valence-corrected chi connectivity index (χ0v) is 14.6. The van der Waals surface area contributed by atoms with E-state index in [-0.39, 0.29) is 0 Å². The molecule has 0 aliphatic carbocycles. The first-order chi connectivity index (χ1) is 10.8. The highest BCUT2D eigenvalue weighted by Crippen LogP contribution is 2.47. The minimum absolute atomic E-state index is 0.774. The van der Waals surface area contributed by atoms with Gasteiger partial charge >= 0.3 is 0 Å². The quantitative estimate of drug-likeness (QED) is 0.369. The van der Waals surface area contributed by atoms with E-state index in [0.717, 1.165) is 16.0 Å². The van der Waals surface area contributed by atoms with Crippen LogP contribution < -0.4 is 0 Å². The molecule has 0 aliphatic rings. The van der Waals surface area contributed by atoms with E-state index in [2.05, 4.69) is 41.1 Å². The summed E-state index contributed by atoms with van der Waals surface area (Å²) in [5.41, 5.74) is 1.23. The molecular formula is C17H10OS4. The molecule has 0 radical (unpaired) electrons. The van der Waals surface area contributed by atoms with Crippen molar-refractivity contribution in [3.05, 3.63) is 58.1 Å². The highest BCUT2D eigenvalue weighted by Gasteiger charge is 2.16. The van der Waals surface area contributed by atoms with Crippen molar-refractivity contribution in [2.75, 3.05) is 0 Å². The highest BCUT2D eigenvalue weighted by atomic mass is 32.1. The first kappa shape index (κ1) is 14.1. The zero-order chi connectivity index (χ0) is 14.9. The first-order valence-electron chi connectivity index (χ1n) is 6.62. The molecule has 0 fully saturated rings. The molecule has 0 saturated heterocycles. The molecule has 0 N–H and O–H groups in total. The van der Waals surface area contributed by atoms with Crippen LogP contribution in [-0.2, 0) is 0 Å². The molecular weight excluding hydrogens is 348 g/mol. The van der Waals surface area contributed by atoms with Gasteiger partial charge in [0.05, 0.1) is 9.75 Å². The fraction of sp³-hybridized carbons (Fsp3) is 0. The Morgan fingerprint density at radius 2 is 1.55 bits per heavy atom. The van der Waals surface area contributed by atoms with Crippen LogP contribution >= 0.6 is 45.3 Å². The Labute approximate surface area is 144 Å². The van der Waals surface area contributed by atoms with Crippen molar-refractivity contribution >= 4 is 51.6 Å². The van der Waals surface area contributed by atoms with Crippen LogP contribution in [0.25, 0.3) is 29.9 Å². The molecule has 108 valence electrons. The Bertz CT molecular complexity index is 895. The molecule has 22 heavy (non-hydrogen) atoms. The molecule has 4 aromatic heterocycles. The highest BCUT2D eigenvalue weighted by molar-refractivity contribution is 7.26. The third kappa shape index (κ3) is 2.50. The lowest BCUT2D eigenvalue weighted by Crippen LogP contribution is -1.70. The van der Waals surface area contributed by atoms with Crippen LogP contribution in [0, 0.1) is 0 Å². The largest absolute Gasteiger partial charge is 0.297 e. The number of thiophene rings is 4. The third-order valence-corrected chi connectivity index (χ3v) is 7.54. The van der Waals surface area contributed by atoms with Gasteiger partial charge in [0.1, 0.15) is 0 Å².